The van der Waals surface area contributed by atoms with Crippen molar-refractivity contribution in [3.05, 3.63) is 53.5 Å². The maximum Gasteiger partial charge on any atom is 0.186 e. The SMILES string of the molecule is CCN1C(=NC2C(F)=C(OC)C=C(OC)C2F)C=CC2N=CC(c3cnn(C)c3)=NC21. The highest BCUT2D eigenvalue weighted by Gasteiger charge is 2.38. The van der Waals surface area contributed by atoms with Crippen LogP contribution in [0.5, 0.6) is 0 Å². The zero-order valence-electron chi connectivity index (χ0n) is 17.7. The van der Waals surface area contributed by atoms with Gasteiger partial charge in [-0.05, 0) is 13.0 Å². The van der Waals surface area contributed by atoms with Gasteiger partial charge in [0, 0.05) is 37.6 Å². The molecule has 1 aromatic heterocycles. The monoisotopic (exact) mass is 430 g/mol. The molecule has 4 unspecified atom stereocenters. The molecule has 164 valence electrons. The van der Waals surface area contributed by atoms with E-state index < -0.39 is 18.0 Å². The lowest BCUT2D eigenvalue weighted by atomic mass is 10.0. The van der Waals surface area contributed by atoms with Crippen molar-refractivity contribution in [3.8, 4) is 0 Å². The van der Waals surface area contributed by atoms with Crippen LogP contribution in [0.4, 0.5) is 8.78 Å². The minimum Gasteiger partial charge on any atom is -0.498 e. The van der Waals surface area contributed by atoms with Crippen molar-refractivity contribution < 1.29 is 18.3 Å². The van der Waals surface area contributed by atoms with E-state index in [4.69, 9.17) is 14.5 Å². The van der Waals surface area contributed by atoms with E-state index in [-0.39, 0.29) is 23.7 Å². The summed E-state index contributed by atoms with van der Waals surface area (Å²) in [6.07, 6.45) is 7.94. The van der Waals surface area contributed by atoms with E-state index in [1.54, 1.807) is 23.2 Å². The molecule has 0 fully saturated rings. The fraction of sp³-hybridized carbons (Fsp3) is 0.429. The Bertz CT molecular complexity index is 1040. The van der Waals surface area contributed by atoms with Gasteiger partial charge in [-0.25, -0.2) is 8.78 Å². The molecule has 1 aliphatic carbocycles. The molecule has 4 atom stereocenters. The van der Waals surface area contributed by atoms with E-state index in [9.17, 15) is 8.78 Å². The van der Waals surface area contributed by atoms with Crippen molar-refractivity contribution in [1.82, 2.24) is 14.7 Å². The third-order valence-electron chi connectivity index (χ3n) is 5.39. The Morgan fingerprint density at radius 2 is 2.06 bits per heavy atom. The first-order valence-corrected chi connectivity index (χ1v) is 9.92. The number of rotatable bonds is 5. The van der Waals surface area contributed by atoms with Crippen molar-refractivity contribution >= 4 is 17.8 Å². The number of amidine groups is 1. The third kappa shape index (κ3) is 3.77. The van der Waals surface area contributed by atoms with Gasteiger partial charge in [0.2, 0.25) is 0 Å². The third-order valence-corrected chi connectivity index (χ3v) is 5.39. The molecule has 0 amide bonds. The fourth-order valence-corrected chi connectivity index (χ4v) is 3.77. The smallest absolute Gasteiger partial charge is 0.186 e. The fourth-order valence-electron chi connectivity index (χ4n) is 3.77. The molecule has 0 spiro atoms. The van der Waals surface area contributed by atoms with E-state index in [0.29, 0.717) is 18.1 Å². The van der Waals surface area contributed by atoms with Gasteiger partial charge in [-0.3, -0.25) is 19.7 Å². The van der Waals surface area contributed by atoms with Crippen LogP contribution in [-0.2, 0) is 16.5 Å². The number of aromatic nitrogens is 2. The minimum atomic E-state index is -1.76. The van der Waals surface area contributed by atoms with Crippen molar-refractivity contribution in [1.29, 1.82) is 0 Å². The minimum absolute atomic E-state index is 0.0348. The van der Waals surface area contributed by atoms with Crippen LogP contribution in [0, 0.1) is 0 Å². The number of ether oxygens (including phenoxy) is 2. The number of alkyl halides is 1. The van der Waals surface area contributed by atoms with Gasteiger partial charge in [-0.1, -0.05) is 6.08 Å². The number of aryl methyl sites for hydroxylation is 1. The van der Waals surface area contributed by atoms with Gasteiger partial charge < -0.3 is 14.4 Å². The Morgan fingerprint density at radius 1 is 1.26 bits per heavy atom. The molecule has 10 heteroatoms. The van der Waals surface area contributed by atoms with Crippen molar-refractivity contribution in [3.63, 3.8) is 0 Å². The molecular weight excluding hydrogens is 406 g/mol. The van der Waals surface area contributed by atoms with Crippen LogP contribution in [0.3, 0.4) is 0 Å². The van der Waals surface area contributed by atoms with Crippen LogP contribution in [-0.4, -0.2) is 77.6 Å². The summed E-state index contributed by atoms with van der Waals surface area (Å²) in [5.41, 5.74) is 1.54. The molecule has 4 rings (SSSR count). The van der Waals surface area contributed by atoms with E-state index >= 15 is 0 Å². The summed E-state index contributed by atoms with van der Waals surface area (Å²) in [4.78, 5) is 15.7. The highest BCUT2D eigenvalue weighted by Crippen LogP contribution is 2.32. The molecule has 0 N–H and O–H groups in total. The van der Waals surface area contributed by atoms with Crippen LogP contribution in [0.25, 0.3) is 0 Å². The average molecular weight is 430 g/mol. The number of allylic oxidation sites excluding steroid dienone is 1. The van der Waals surface area contributed by atoms with Gasteiger partial charge in [0.05, 0.1) is 26.1 Å². The molecular formula is C21H24F2N6O2. The van der Waals surface area contributed by atoms with Crippen molar-refractivity contribution in [2.75, 3.05) is 20.8 Å². The van der Waals surface area contributed by atoms with Crippen LogP contribution in [0.1, 0.15) is 12.5 Å². The van der Waals surface area contributed by atoms with Gasteiger partial charge in [0.1, 0.15) is 29.8 Å². The first-order valence-electron chi connectivity index (χ1n) is 9.92. The zero-order valence-corrected chi connectivity index (χ0v) is 17.7. The number of hydrogen-bond acceptors (Lipinski definition) is 6. The van der Waals surface area contributed by atoms with Crippen molar-refractivity contribution in [2.24, 2.45) is 22.0 Å². The second kappa shape index (κ2) is 8.44. The summed E-state index contributed by atoms with van der Waals surface area (Å²) in [6.45, 7) is 2.47. The number of hydrogen-bond donors (Lipinski definition) is 0. The Hall–Kier alpha value is -3.30. The molecule has 2 aliphatic heterocycles. The lowest BCUT2D eigenvalue weighted by Gasteiger charge is -2.38. The number of methoxy groups -OCH3 is 2. The molecule has 8 nitrogen and oxygen atoms in total. The summed E-state index contributed by atoms with van der Waals surface area (Å²) in [7, 11) is 4.48. The van der Waals surface area contributed by atoms with Crippen LogP contribution in [0.15, 0.2) is 62.9 Å². The van der Waals surface area contributed by atoms with Gasteiger partial charge in [-0.15, -0.1) is 0 Å². The highest BCUT2D eigenvalue weighted by atomic mass is 19.1. The van der Waals surface area contributed by atoms with Crippen LogP contribution < -0.4 is 0 Å². The molecule has 3 heterocycles. The quantitative estimate of drug-likeness (QED) is 0.719. The van der Waals surface area contributed by atoms with E-state index in [0.717, 1.165) is 5.56 Å². The van der Waals surface area contributed by atoms with Gasteiger partial charge in [0.25, 0.3) is 0 Å². The summed E-state index contributed by atoms with van der Waals surface area (Å²) in [6, 6.07) is -1.62. The molecule has 0 bridgehead atoms. The van der Waals surface area contributed by atoms with Crippen molar-refractivity contribution in [2.45, 2.75) is 31.3 Å². The Kier molecular flexibility index (Phi) is 5.71. The second-order valence-corrected chi connectivity index (χ2v) is 7.25. The number of fused-ring (bicyclic) bond motifs is 1. The summed E-state index contributed by atoms with van der Waals surface area (Å²) < 4.78 is 41.6. The largest absolute Gasteiger partial charge is 0.498 e. The number of halogens is 2. The van der Waals surface area contributed by atoms with E-state index in [2.05, 4.69) is 15.1 Å². The second-order valence-electron chi connectivity index (χ2n) is 7.25. The molecule has 3 aliphatic rings. The molecule has 0 saturated heterocycles. The maximum atomic E-state index is 14.9. The number of nitrogens with zero attached hydrogens (tertiary/aromatic N) is 6. The lowest BCUT2D eigenvalue weighted by molar-refractivity contribution is 0.166. The number of likely N-dealkylation sites (N-methyl/N-ethyl adjacent to an activating group) is 1. The Balaban J connectivity index is 1.69. The molecule has 0 aromatic carbocycles. The van der Waals surface area contributed by atoms with Gasteiger partial charge in [-0.2, -0.15) is 5.10 Å². The lowest BCUT2D eigenvalue weighted by Crippen LogP contribution is -2.49. The molecule has 31 heavy (non-hydrogen) atoms. The predicted octanol–water partition coefficient (Wildman–Crippen LogP) is 2.36. The predicted molar refractivity (Wildman–Crippen MR) is 114 cm³/mol. The van der Waals surface area contributed by atoms with E-state index in [1.165, 1.54) is 20.3 Å². The normalized spacial score (nSPS) is 29.1. The first kappa shape index (κ1) is 21.0. The van der Waals surface area contributed by atoms with E-state index in [1.807, 2.05) is 31.1 Å². The first-order chi connectivity index (χ1) is 15.0. The summed E-state index contributed by atoms with van der Waals surface area (Å²) in [5, 5.41) is 4.18. The Morgan fingerprint density at radius 3 is 2.71 bits per heavy atom. The van der Waals surface area contributed by atoms with Gasteiger partial charge >= 0.3 is 0 Å². The average Bonchev–Trinajstić information content (AvgIpc) is 3.22. The van der Waals surface area contributed by atoms with Gasteiger partial charge in [0.15, 0.2) is 17.8 Å². The van der Waals surface area contributed by atoms with Crippen LogP contribution in [0.2, 0.25) is 0 Å². The molecule has 0 saturated carbocycles. The topological polar surface area (TPSA) is 76.6 Å². The highest BCUT2D eigenvalue weighted by molar-refractivity contribution is 6.38. The summed E-state index contributed by atoms with van der Waals surface area (Å²) >= 11 is 0. The standard InChI is InChI=1S/C21H24F2N6O2/c1-5-29-17(27-20-18(22)15(30-3)8-16(31-4)19(20)23)7-6-13-21(29)26-14(10-24-13)12-9-25-28(2)11-12/h6-11,13,18,20-21H,5H2,1-4H3. The van der Waals surface area contributed by atoms with Crippen LogP contribution >= 0.6 is 0 Å². The zero-order chi connectivity index (χ0) is 22.1. The Labute approximate surface area is 179 Å². The number of aliphatic imine (C=N–C) groups is 3. The molecule has 1 aromatic rings. The molecule has 0 radical (unpaired) electrons. The maximum absolute atomic E-state index is 14.9. The summed E-state index contributed by atoms with van der Waals surface area (Å²) in [5.74, 6) is -0.491.